The molecule has 356 valence electrons. The van der Waals surface area contributed by atoms with Crippen LogP contribution in [0.4, 0.5) is 0 Å². The van der Waals surface area contributed by atoms with Crippen LogP contribution in [-0.2, 0) is 14.3 Å². The number of carboxylic acids is 1. The van der Waals surface area contributed by atoms with Crippen LogP contribution in [-0.4, -0.2) is 22.6 Å². The smallest absolute Gasteiger partial charge is 0.331 e. The zero-order chi connectivity index (χ0) is 44.0. The Balaban J connectivity index is 5.10. The van der Waals surface area contributed by atoms with Gasteiger partial charge in [0.05, 0.1) is 0 Å². The van der Waals surface area contributed by atoms with Crippen molar-refractivity contribution in [1.29, 1.82) is 0 Å². The molecule has 0 bridgehead atoms. The van der Waals surface area contributed by atoms with Gasteiger partial charge in [0, 0.05) is 12.2 Å². The van der Waals surface area contributed by atoms with Gasteiger partial charge in [-0.05, 0) is 37.5 Å². The average molecular weight is 845 g/mol. The molecule has 0 fully saturated rings. The van der Waals surface area contributed by atoms with Gasteiger partial charge in [-0.1, -0.05) is 291 Å². The van der Waals surface area contributed by atoms with Crippen LogP contribution >= 0.6 is 0 Å². The lowest BCUT2D eigenvalue weighted by atomic mass is 9.71. The van der Waals surface area contributed by atoms with E-state index in [2.05, 4.69) is 34.6 Å². The summed E-state index contributed by atoms with van der Waals surface area (Å²) in [6.07, 6.45) is 60.3. The van der Waals surface area contributed by atoms with Gasteiger partial charge in [0.15, 0.2) is 0 Å². The van der Waals surface area contributed by atoms with Crippen molar-refractivity contribution in [1.82, 2.24) is 0 Å². The fraction of sp³-hybridized carbons (Fsp3) is 0.929. The third kappa shape index (κ3) is 37.3. The number of aliphatic carboxylic acids is 1. The number of unbranched alkanes of at least 4 members (excludes halogenated alkanes) is 38. The molecule has 0 aliphatic carbocycles. The molecule has 0 amide bonds. The maximum absolute atomic E-state index is 13.3. The first-order chi connectivity index (χ1) is 29.3. The van der Waals surface area contributed by atoms with E-state index in [1.165, 1.54) is 257 Å². The minimum atomic E-state index is -1.10. The molecule has 1 N–H and O–H groups in total. The largest absolute Gasteiger partial charge is 0.478 e. The molecule has 2 atom stereocenters. The van der Waals surface area contributed by atoms with E-state index in [4.69, 9.17) is 4.74 Å². The normalized spacial score (nSPS) is 13.8. The Kier molecular flexibility index (Phi) is 44.7. The number of ether oxygens (including phenoxy) is 1. The van der Waals surface area contributed by atoms with Gasteiger partial charge in [0.1, 0.15) is 5.60 Å². The van der Waals surface area contributed by atoms with Crippen LogP contribution in [0.1, 0.15) is 317 Å². The fourth-order valence-electron chi connectivity index (χ4n) is 9.79. The summed E-state index contributed by atoms with van der Waals surface area (Å²) in [5.74, 6) is -1.08. The summed E-state index contributed by atoms with van der Waals surface area (Å²) < 4.78 is 6.57. The molecule has 0 aromatic carbocycles. The van der Waals surface area contributed by atoms with Gasteiger partial charge in [-0.3, -0.25) is 0 Å². The molecular weight excluding hydrogens is 737 g/mol. The van der Waals surface area contributed by atoms with Crippen molar-refractivity contribution in [2.24, 2.45) is 11.8 Å². The Hall–Kier alpha value is -1.32. The molecule has 4 heteroatoms. The quantitative estimate of drug-likeness (QED) is 0.0376. The monoisotopic (exact) mass is 845 g/mol. The highest BCUT2D eigenvalue weighted by Gasteiger charge is 2.43. The number of carbonyl (C=O) groups is 2. The van der Waals surface area contributed by atoms with E-state index in [-0.39, 0.29) is 11.8 Å². The zero-order valence-electron chi connectivity index (χ0n) is 41.6. The second-order valence-electron chi connectivity index (χ2n) is 19.6. The molecule has 0 spiro atoms. The van der Waals surface area contributed by atoms with E-state index in [1.807, 2.05) is 0 Å². The van der Waals surface area contributed by atoms with Crippen molar-refractivity contribution in [2.75, 3.05) is 0 Å². The summed E-state index contributed by atoms with van der Waals surface area (Å²) in [5, 5.41) is 9.31. The van der Waals surface area contributed by atoms with E-state index in [9.17, 15) is 14.7 Å². The van der Waals surface area contributed by atoms with Gasteiger partial charge >= 0.3 is 11.9 Å². The van der Waals surface area contributed by atoms with E-state index in [1.54, 1.807) is 0 Å². The summed E-state index contributed by atoms with van der Waals surface area (Å²) in [6, 6.07) is 0. The predicted octanol–water partition coefficient (Wildman–Crippen LogP) is 19.4. The Labute approximate surface area is 376 Å². The van der Waals surface area contributed by atoms with E-state index >= 15 is 0 Å². The Morgan fingerprint density at radius 1 is 0.383 bits per heavy atom. The van der Waals surface area contributed by atoms with Gasteiger partial charge < -0.3 is 9.84 Å². The number of carboxylic acid groups (broad SMARTS) is 1. The second kappa shape index (κ2) is 45.7. The van der Waals surface area contributed by atoms with Gasteiger partial charge in [-0.2, -0.15) is 0 Å². The average Bonchev–Trinajstić information content (AvgIpc) is 3.24. The number of hydrogen-bond donors (Lipinski definition) is 1. The van der Waals surface area contributed by atoms with Crippen LogP contribution in [0.3, 0.4) is 0 Å². The molecule has 0 aliphatic rings. The first kappa shape index (κ1) is 58.7. The SMILES string of the molecule is CCCCCCCCCCCCCCCCCCCC(OC(=O)/C=C\C(=O)O)(C(C)CCCCCCCCCCCCCC)C(C)CCCCCCCCCCCCCC. The summed E-state index contributed by atoms with van der Waals surface area (Å²) in [4.78, 5) is 24.7. The number of esters is 1. The third-order valence-electron chi connectivity index (χ3n) is 14.0. The molecule has 0 saturated heterocycles. The molecule has 4 nitrogen and oxygen atoms in total. The fourth-order valence-corrected chi connectivity index (χ4v) is 9.79. The third-order valence-corrected chi connectivity index (χ3v) is 14.0. The maximum Gasteiger partial charge on any atom is 0.331 e. The summed E-state index contributed by atoms with van der Waals surface area (Å²) in [7, 11) is 0. The van der Waals surface area contributed by atoms with E-state index in [0.29, 0.717) is 0 Å². The minimum Gasteiger partial charge on any atom is -0.478 e. The van der Waals surface area contributed by atoms with Crippen molar-refractivity contribution in [3.8, 4) is 0 Å². The molecule has 0 aromatic heterocycles. The topological polar surface area (TPSA) is 63.6 Å². The Bertz CT molecular complexity index is 892. The summed E-state index contributed by atoms with van der Waals surface area (Å²) >= 11 is 0. The number of carbonyl (C=O) groups excluding carboxylic acids is 1. The summed E-state index contributed by atoms with van der Waals surface area (Å²) in [5.41, 5.74) is -0.551. The van der Waals surface area contributed by atoms with Crippen molar-refractivity contribution in [2.45, 2.75) is 323 Å². The Morgan fingerprint density at radius 3 is 0.867 bits per heavy atom. The highest BCUT2D eigenvalue weighted by atomic mass is 16.6. The Morgan fingerprint density at radius 2 is 0.617 bits per heavy atom. The minimum absolute atomic E-state index is 0.246. The second-order valence-corrected chi connectivity index (χ2v) is 19.6. The van der Waals surface area contributed by atoms with Crippen LogP contribution in [0.25, 0.3) is 0 Å². The van der Waals surface area contributed by atoms with Crippen LogP contribution in [0.2, 0.25) is 0 Å². The lowest BCUT2D eigenvalue weighted by Crippen LogP contribution is -2.47. The van der Waals surface area contributed by atoms with Gasteiger partial charge in [-0.25, -0.2) is 9.59 Å². The maximum atomic E-state index is 13.3. The predicted molar refractivity (Wildman–Crippen MR) is 264 cm³/mol. The van der Waals surface area contributed by atoms with E-state index in [0.717, 1.165) is 37.8 Å². The van der Waals surface area contributed by atoms with Gasteiger partial charge in [-0.15, -0.1) is 0 Å². The molecule has 0 rings (SSSR count). The first-order valence-corrected chi connectivity index (χ1v) is 27.5. The van der Waals surface area contributed by atoms with E-state index < -0.39 is 17.5 Å². The van der Waals surface area contributed by atoms with Crippen LogP contribution in [0, 0.1) is 11.8 Å². The lowest BCUT2D eigenvalue weighted by molar-refractivity contribution is -0.171. The number of hydrogen-bond acceptors (Lipinski definition) is 3. The molecule has 0 aromatic rings. The number of rotatable bonds is 49. The molecule has 0 aliphatic heterocycles. The van der Waals surface area contributed by atoms with Gasteiger partial charge in [0.25, 0.3) is 0 Å². The van der Waals surface area contributed by atoms with Gasteiger partial charge in [0.2, 0.25) is 0 Å². The zero-order valence-corrected chi connectivity index (χ0v) is 41.6. The van der Waals surface area contributed by atoms with Crippen molar-refractivity contribution >= 4 is 11.9 Å². The van der Waals surface area contributed by atoms with Crippen molar-refractivity contribution in [3.05, 3.63) is 12.2 Å². The first-order valence-electron chi connectivity index (χ1n) is 27.5. The summed E-state index contributed by atoms with van der Waals surface area (Å²) in [6.45, 7) is 11.5. The highest BCUT2D eigenvalue weighted by molar-refractivity contribution is 5.90. The highest BCUT2D eigenvalue weighted by Crippen LogP contribution is 2.41. The molecule has 60 heavy (non-hydrogen) atoms. The van der Waals surface area contributed by atoms with Crippen LogP contribution in [0.5, 0.6) is 0 Å². The molecular formula is C56H108O4. The van der Waals surface area contributed by atoms with Crippen molar-refractivity contribution in [3.63, 3.8) is 0 Å². The van der Waals surface area contributed by atoms with Crippen LogP contribution in [0.15, 0.2) is 12.2 Å². The molecule has 0 radical (unpaired) electrons. The molecule has 0 heterocycles. The molecule has 0 saturated carbocycles. The van der Waals surface area contributed by atoms with Crippen LogP contribution < -0.4 is 0 Å². The van der Waals surface area contributed by atoms with Crippen molar-refractivity contribution < 1.29 is 19.4 Å². The standard InChI is InChI=1S/C56H108O4/c1-6-9-12-15-18-21-24-27-28-29-30-31-34-37-40-43-46-51-56(60-55(59)50-49-54(57)58,52(4)47-44-41-38-35-32-25-22-19-16-13-10-7-2)53(5)48-45-42-39-36-33-26-23-20-17-14-11-8-3/h49-50,52-53H,6-48,51H2,1-5H3,(H,57,58)/b50-49-. The molecule has 2 unspecified atom stereocenters. The lowest BCUT2D eigenvalue weighted by Gasteiger charge is -2.44.